The van der Waals surface area contributed by atoms with Crippen LogP contribution in [0.4, 0.5) is 0 Å². The smallest absolute Gasteiger partial charge is 0.276 e. The number of benzene rings is 1. The standard InChI is InChI=1S/C20H21N3O2/c1-14-18(22-13-25-14)20(24)23-10-4-5-15(12-23)11-17-7-2-6-16-8-3-9-21-19(16)17/h2-3,6-9,13,15H,4-5,10-12H2,1H3/t15-/m1/s1. The van der Waals surface area contributed by atoms with Crippen molar-refractivity contribution in [1.29, 1.82) is 0 Å². The number of hydrogen-bond donors (Lipinski definition) is 0. The molecule has 1 aliphatic rings. The van der Waals surface area contributed by atoms with Crippen LogP contribution >= 0.6 is 0 Å². The summed E-state index contributed by atoms with van der Waals surface area (Å²) in [7, 11) is 0. The maximum Gasteiger partial charge on any atom is 0.276 e. The first-order valence-corrected chi connectivity index (χ1v) is 8.74. The Morgan fingerprint density at radius 1 is 1.28 bits per heavy atom. The van der Waals surface area contributed by atoms with Crippen molar-refractivity contribution < 1.29 is 9.21 Å². The third-order valence-corrected chi connectivity index (χ3v) is 4.98. The number of carbonyl (C=O) groups is 1. The molecule has 0 spiro atoms. The molecule has 0 radical (unpaired) electrons. The number of aryl methyl sites for hydroxylation is 1. The van der Waals surface area contributed by atoms with Crippen molar-refractivity contribution in [3.05, 3.63) is 59.9 Å². The molecule has 3 aromatic rings. The van der Waals surface area contributed by atoms with Gasteiger partial charge in [0.15, 0.2) is 12.1 Å². The molecule has 128 valence electrons. The maximum atomic E-state index is 12.7. The lowest BCUT2D eigenvalue weighted by molar-refractivity contribution is 0.0666. The molecule has 0 aliphatic carbocycles. The molecule has 1 aromatic carbocycles. The first-order chi connectivity index (χ1) is 12.2. The summed E-state index contributed by atoms with van der Waals surface area (Å²) in [6.07, 6.45) is 6.27. The molecule has 5 heteroatoms. The molecule has 2 aromatic heterocycles. The average molecular weight is 335 g/mol. The number of nitrogens with zero attached hydrogens (tertiary/aromatic N) is 3. The number of oxazole rings is 1. The van der Waals surface area contributed by atoms with E-state index in [4.69, 9.17) is 4.42 Å². The zero-order valence-corrected chi connectivity index (χ0v) is 14.3. The number of fused-ring (bicyclic) bond motifs is 1. The normalized spacial score (nSPS) is 17.8. The van der Waals surface area contributed by atoms with Gasteiger partial charge in [-0.2, -0.15) is 0 Å². The Morgan fingerprint density at radius 2 is 2.16 bits per heavy atom. The predicted molar refractivity (Wildman–Crippen MR) is 95.3 cm³/mol. The summed E-state index contributed by atoms with van der Waals surface area (Å²) in [4.78, 5) is 23.2. The van der Waals surface area contributed by atoms with Crippen LogP contribution in [0.2, 0.25) is 0 Å². The minimum atomic E-state index is -0.0213. The molecular weight excluding hydrogens is 314 g/mol. The van der Waals surface area contributed by atoms with Crippen molar-refractivity contribution in [3.63, 3.8) is 0 Å². The molecule has 1 fully saturated rings. The average Bonchev–Trinajstić information content (AvgIpc) is 3.08. The number of likely N-dealkylation sites (tertiary alicyclic amines) is 1. The summed E-state index contributed by atoms with van der Waals surface area (Å²) in [6.45, 7) is 3.33. The van der Waals surface area contributed by atoms with E-state index >= 15 is 0 Å². The second-order valence-electron chi connectivity index (χ2n) is 6.71. The summed E-state index contributed by atoms with van der Waals surface area (Å²) in [6, 6.07) is 10.4. The third-order valence-electron chi connectivity index (χ3n) is 4.98. The largest absolute Gasteiger partial charge is 0.448 e. The van der Waals surface area contributed by atoms with E-state index in [1.54, 1.807) is 6.92 Å². The van der Waals surface area contributed by atoms with Crippen LogP contribution in [0.15, 0.2) is 47.3 Å². The lowest BCUT2D eigenvalue weighted by Gasteiger charge is -2.32. The highest BCUT2D eigenvalue weighted by Gasteiger charge is 2.27. The van der Waals surface area contributed by atoms with Crippen LogP contribution in [-0.2, 0) is 6.42 Å². The molecule has 0 bridgehead atoms. The zero-order valence-electron chi connectivity index (χ0n) is 14.3. The van der Waals surface area contributed by atoms with Gasteiger partial charge in [0.05, 0.1) is 5.52 Å². The van der Waals surface area contributed by atoms with Crippen LogP contribution in [0.25, 0.3) is 10.9 Å². The fourth-order valence-corrected chi connectivity index (χ4v) is 3.72. The van der Waals surface area contributed by atoms with Crippen LogP contribution in [-0.4, -0.2) is 33.9 Å². The fourth-order valence-electron chi connectivity index (χ4n) is 3.72. The quantitative estimate of drug-likeness (QED) is 0.733. The molecule has 3 heterocycles. The molecule has 1 amide bonds. The fraction of sp³-hybridized carbons (Fsp3) is 0.350. The van der Waals surface area contributed by atoms with Crippen LogP contribution in [0.5, 0.6) is 0 Å². The lowest BCUT2D eigenvalue weighted by atomic mass is 9.90. The molecule has 5 nitrogen and oxygen atoms in total. The number of amides is 1. The van der Waals surface area contributed by atoms with Gasteiger partial charge < -0.3 is 9.32 Å². The van der Waals surface area contributed by atoms with Gasteiger partial charge in [0.2, 0.25) is 0 Å². The van der Waals surface area contributed by atoms with Crippen molar-refractivity contribution in [2.45, 2.75) is 26.2 Å². The van der Waals surface area contributed by atoms with Gasteiger partial charge in [0, 0.05) is 24.7 Å². The topological polar surface area (TPSA) is 59.2 Å². The van der Waals surface area contributed by atoms with Gasteiger partial charge in [-0.1, -0.05) is 24.3 Å². The van der Waals surface area contributed by atoms with Crippen molar-refractivity contribution in [2.75, 3.05) is 13.1 Å². The number of para-hydroxylation sites is 1. The summed E-state index contributed by atoms with van der Waals surface area (Å²) in [5.74, 6) is 1.01. The molecule has 1 atom stereocenters. The van der Waals surface area contributed by atoms with Gasteiger partial charge in [-0.15, -0.1) is 0 Å². The van der Waals surface area contributed by atoms with Gasteiger partial charge in [-0.3, -0.25) is 9.78 Å². The molecule has 0 N–H and O–H groups in total. The number of carbonyl (C=O) groups excluding carboxylic acids is 1. The lowest BCUT2D eigenvalue weighted by Crippen LogP contribution is -2.40. The maximum absolute atomic E-state index is 12.7. The van der Waals surface area contributed by atoms with Gasteiger partial charge in [0.25, 0.3) is 5.91 Å². The molecule has 4 rings (SSSR count). The SMILES string of the molecule is Cc1ocnc1C(=O)N1CCC[C@H](Cc2cccc3cccnc23)C1. The Balaban J connectivity index is 1.52. The molecule has 1 saturated heterocycles. The van der Waals surface area contributed by atoms with E-state index in [-0.39, 0.29) is 5.91 Å². The minimum absolute atomic E-state index is 0.0213. The van der Waals surface area contributed by atoms with Crippen molar-refractivity contribution in [2.24, 2.45) is 5.92 Å². The Labute approximate surface area is 146 Å². The van der Waals surface area contributed by atoms with Crippen molar-refractivity contribution >= 4 is 16.8 Å². The van der Waals surface area contributed by atoms with Gasteiger partial charge in [-0.25, -0.2) is 4.98 Å². The van der Waals surface area contributed by atoms with E-state index in [2.05, 4.69) is 34.2 Å². The number of pyridine rings is 1. The number of aromatic nitrogens is 2. The Bertz CT molecular complexity index is 897. The van der Waals surface area contributed by atoms with Crippen LogP contribution < -0.4 is 0 Å². The summed E-state index contributed by atoms with van der Waals surface area (Å²) >= 11 is 0. The molecule has 1 aliphatic heterocycles. The van der Waals surface area contributed by atoms with E-state index in [9.17, 15) is 4.79 Å². The van der Waals surface area contributed by atoms with E-state index in [0.29, 0.717) is 17.4 Å². The van der Waals surface area contributed by atoms with Crippen LogP contribution in [0.3, 0.4) is 0 Å². The van der Waals surface area contributed by atoms with E-state index in [0.717, 1.165) is 37.9 Å². The molecule has 0 unspecified atom stereocenters. The monoisotopic (exact) mass is 335 g/mol. The molecular formula is C20H21N3O2. The van der Waals surface area contributed by atoms with Gasteiger partial charge in [-0.05, 0) is 43.7 Å². The highest BCUT2D eigenvalue weighted by atomic mass is 16.3. The first-order valence-electron chi connectivity index (χ1n) is 8.74. The van der Waals surface area contributed by atoms with Gasteiger partial charge >= 0.3 is 0 Å². The number of rotatable bonds is 3. The van der Waals surface area contributed by atoms with Crippen molar-refractivity contribution in [3.8, 4) is 0 Å². The van der Waals surface area contributed by atoms with E-state index < -0.39 is 0 Å². The zero-order chi connectivity index (χ0) is 17.2. The van der Waals surface area contributed by atoms with E-state index in [1.165, 1.54) is 17.3 Å². The van der Waals surface area contributed by atoms with Gasteiger partial charge in [0.1, 0.15) is 5.76 Å². The molecule has 25 heavy (non-hydrogen) atoms. The van der Waals surface area contributed by atoms with Crippen molar-refractivity contribution in [1.82, 2.24) is 14.9 Å². The van der Waals surface area contributed by atoms with E-state index in [1.807, 2.05) is 17.2 Å². The summed E-state index contributed by atoms with van der Waals surface area (Å²) in [5, 5.41) is 1.17. The number of hydrogen-bond acceptors (Lipinski definition) is 4. The highest BCUT2D eigenvalue weighted by molar-refractivity contribution is 5.93. The van der Waals surface area contributed by atoms with Crippen LogP contribution in [0, 0.1) is 12.8 Å². The predicted octanol–water partition coefficient (Wildman–Crippen LogP) is 3.63. The van der Waals surface area contributed by atoms with Crippen LogP contribution in [0.1, 0.15) is 34.7 Å². The Morgan fingerprint density at radius 3 is 3.00 bits per heavy atom. The Kier molecular flexibility index (Phi) is 4.22. The summed E-state index contributed by atoms with van der Waals surface area (Å²) < 4.78 is 5.18. The highest BCUT2D eigenvalue weighted by Crippen LogP contribution is 2.25. The first kappa shape index (κ1) is 15.8. The minimum Gasteiger partial charge on any atom is -0.448 e. The summed E-state index contributed by atoms with van der Waals surface area (Å²) in [5.41, 5.74) is 2.77. The second-order valence-corrected chi connectivity index (χ2v) is 6.71. The Hall–Kier alpha value is -2.69. The second kappa shape index (κ2) is 6.67. The molecule has 0 saturated carbocycles. The third kappa shape index (κ3) is 3.14. The number of piperidine rings is 1.